The van der Waals surface area contributed by atoms with Crippen molar-refractivity contribution in [3.8, 4) is 0 Å². The number of nitrogens with two attached hydrogens (primary N) is 1. The third-order valence-electron chi connectivity index (χ3n) is 4.34. The van der Waals surface area contributed by atoms with Gasteiger partial charge in [0.2, 0.25) is 0 Å². The van der Waals surface area contributed by atoms with Gasteiger partial charge in [-0.05, 0) is 30.5 Å². The number of hydrogen-bond acceptors (Lipinski definition) is 7. The Balaban J connectivity index is 1.72. The Bertz CT molecular complexity index is 798. The predicted octanol–water partition coefficient (Wildman–Crippen LogP) is -0.345. The Labute approximate surface area is 144 Å². The Kier molecular flexibility index (Phi) is 4.73. The molecule has 3 N–H and O–H groups in total. The molecule has 2 fully saturated rings. The van der Waals surface area contributed by atoms with Crippen molar-refractivity contribution in [1.82, 2.24) is 14.9 Å². The highest BCUT2D eigenvalue weighted by Gasteiger charge is 2.49. The SMILES string of the molecule is NCc1cc(CC(=O)[C@@H]2CCC3CN2C(=O)N3OS(=O)(=O)O)ccn1. The van der Waals surface area contributed by atoms with Gasteiger partial charge >= 0.3 is 16.4 Å². The molecule has 3 heterocycles. The second-order valence-corrected chi connectivity index (χ2v) is 7.02. The van der Waals surface area contributed by atoms with E-state index in [9.17, 15) is 18.0 Å². The Morgan fingerprint density at radius 1 is 1.44 bits per heavy atom. The molecule has 1 aromatic rings. The van der Waals surface area contributed by atoms with E-state index in [-0.39, 0.29) is 25.3 Å². The molecule has 1 unspecified atom stereocenters. The van der Waals surface area contributed by atoms with Crippen LogP contribution in [-0.2, 0) is 32.4 Å². The lowest BCUT2D eigenvalue weighted by molar-refractivity contribution is -0.123. The summed E-state index contributed by atoms with van der Waals surface area (Å²) in [5, 5.41) is 0.627. The van der Waals surface area contributed by atoms with Crippen LogP contribution in [0.1, 0.15) is 24.1 Å². The molecule has 136 valence electrons. The molecule has 2 bridgehead atoms. The normalized spacial score (nSPS) is 23.2. The van der Waals surface area contributed by atoms with E-state index < -0.39 is 28.5 Å². The third-order valence-corrected chi connectivity index (χ3v) is 4.69. The Morgan fingerprint density at radius 2 is 2.20 bits per heavy atom. The van der Waals surface area contributed by atoms with Crippen molar-refractivity contribution in [2.75, 3.05) is 6.54 Å². The van der Waals surface area contributed by atoms with Gasteiger partial charge in [0.05, 0.1) is 17.8 Å². The summed E-state index contributed by atoms with van der Waals surface area (Å²) in [6, 6.07) is 1.54. The molecular weight excluding hydrogens is 352 g/mol. The maximum Gasteiger partial charge on any atom is 0.418 e. The van der Waals surface area contributed by atoms with Crippen LogP contribution in [0.3, 0.4) is 0 Å². The van der Waals surface area contributed by atoms with Crippen molar-refractivity contribution >= 4 is 22.2 Å². The Morgan fingerprint density at radius 3 is 2.88 bits per heavy atom. The fourth-order valence-corrected chi connectivity index (χ4v) is 3.62. The monoisotopic (exact) mass is 370 g/mol. The highest BCUT2D eigenvalue weighted by atomic mass is 32.3. The lowest BCUT2D eigenvalue weighted by Crippen LogP contribution is -2.45. The average molecular weight is 370 g/mol. The molecule has 2 amide bonds. The summed E-state index contributed by atoms with van der Waals surface area (Å²) in [5.74, 6) is -0.158. The molecule has 1 aromatic heterocycles. The fourth-order valence-electron chi connectivity index (χ4n) is 3.23. The molecule has 2 aliphatic rings. The van der Waals surface area contributed by atoms with E-state index in [0.29, 0.717) is 23.6 Å². The van der Waals surface area contributed by atoms with E-state index in [1.165, 1.54) is 4.90 Å². The number of aromatic nitrogens is 1. The molecule has 2 atom stereocenters. The van der Waals surface area contributed by atoms with Crippen LogP contribution in [0.5, 0.6) is 0 Å². The van der Waals surface area contributed by atoms with Crippen LogP contribution in [0.15, 0.2) is 18.3 Å². The number of rotatable bonds is 6. The first-order valence-electron chi connectivity index (χ1n) is 7.72. The van der Waals surface area contributed by atoms with E-state index in [2.05, 4.69) is 9.27 Å². The number of carbonyl (C=O) groups is 2. The van der Waals surface area contributed by atoms with E-state index >= 15 is 0 Å². The molecular formula is C14H18N4O6S. The van der Waals surface area contributed by atoms with Crippen LogP contribution in [0, 0.1) is 0 Å². The van der Waals surface area contributed by atoms with Gasteiger partial charge in [-0.15, -0.1) is 4.28 Å². The van der Waals surface area contributed by atoms with Crippen molar-refractivity contribution in [2.24, 2.45) is 5.73 Å². The standard InChI is InChI=1S/C14H18N4O6S/c15-7-10-5-9(3-4-16-10)6-13(19)12-2-1-11-8-17(12)14(20)18(11)24-25(21,22)23/h3-5,11-12H,1-2,6-8,15H2,(H,21,22,23)/t11?,12-/m0/s1. The molecule has 0 spiro atoms. The van der Waals surface area contributed by atoms with Gasteiger partial charge in [0, 0.05) is 25.7 Å². The van der Waals surface area contributed by atoms with Crippen molar-refractivity contribution < 1.29 is 26.8 Å². The van der Waals surface area contributed by atoms with Crippen molar-refractivity contribution in [1.29, 1.82) is 0 Å². The molecule has 2 saturated heterocycles. The zero-order chi connectivity index (χ0) is 18.2. The molecule has 3 rings (SSSR count). The second kappa shape index (κ2) is 6.67. The van der Waals surface area contributed by atoms with Gasteiger partial charge in [-0.25, -0.2) is 4.79 Å². The van der Waals surface area contributed by atoms with Crippen LogP contribution in [0.4, 0.5) is 4.79 Å². The highest BCUT2D eigenvalue weighted by molar-refractivity contribution is 7.80. The van der Waals surface area contributed by atoms with Crippen LogP contribution in [0.2, 0.25) is 0 Å². The first kappa shape index (κ1) is 17.7. The number of Topliss-reactive ketones (excluding diaryl/α,β-unsaturated/α-hetero) is 1. The van der Waals surface area contributed by atoms with Gasteiger partial charge in [-0.3, -0.25) is 14.3 Å². The number of urea groups is 1. The number of piperidine rings is 1. The molecule has 0 saturated carbocycles. The number of pyridine rings is 1. The zero-order valence-corrected chi connectivity index (χ0v) is 14.1. The van der Waals surface area contributed by atoms with Gasteiger partial charge in [0.15, 0.2) is 5.78 Å². The first-order chi connectivity index (χ1) is 11.8. The largest absolute Gasteiger partial charge is 0.418 e. The van der Waals surface area contributed by atoms with E-state index in [0.717, 1.165) is 5.56 Å². The molecule has 0 aromatic carbocycles. The van der Waals surface area contributed by atoms with Crippen molar-refractivity contribution in [2.45, 2.75) is 37.9 Å². The molecule has 10 nitrogen and oxygen atoms in total. The predicted molar refractivity (Wildman–Crippen MR) is 84.2 cm³/mol. The highest BCUT2D eigenvalue weighted by Crippen LogP contribution is 2.31. The minimum absolute atomic E-state index is 0.119. The summed E-state index contributed by atoms with van der Waals surface area (Å²) >= 11 is 0. The van der Waals surface area contributed by atoms with Crippen LogP contribution in [-0.4, -0.2) is 58.4 Å². The third kappa shape index (κ3) is 3.79. The van der Waals surface area contributed by atoms with Gasteiger partial charge < -0.3 is 10.6 Å². The van der Waals surface area contributed by atoms with E-state index in [1.54, 1.807) is 18.3 Å². The lowest BCUT2D eigenvalue weighted by Gasteiger charge is -2.29. The molecule has 0 radical (unpaired) electrons. The summed E-state index contributed by atoms with van der Waals surface area (Å²) in [5.41, 5.74) is 6.95. The summed E-state index contributed by atoms with van der Waals surface area (Å²) < 4.78 is 34.9. The van der Waals surface area contributed by atoms with Gasteiger partial charge in [-0.2, -0.15) is 13.5 Å². The summed E-state index contributed by atoms with van der Waals surface area (Å²) in [4.78, 5) is 30.3. The fraction of sp³-hybridized carbons (Fsp3) is 0.500. The number of hydroxylamine groups is 2. The number of ketones is 1. The zero-order valence-electron chi connectivity index (χ0n) is 13.2. The maximum absolute atomic E-state index is 12.6. The quantitative estimate of drug-likeness (QED) is 0.647. The number of hydrogen-bond donors (Lipinski definition) is 2. The van der Waals surface area contributed by atoms with E-state index in [1.807, 2.05) is 0 Å². The minimum Gasteiger partial charge on any atom is -0.325 e. The van der Waals surface area contributed by atoms with Crippen molar-refractivity contribution in [3.05, 3.63) is 29.6 Å². The van der Waals surface area contributed by atoms with Crippen molar-refractivity contribution in [3.63, 3.8) is 0 Å². The number of carbonyl (C=O) groups excluding carboxylic acids is 2. The topological polar surface area (TPSA) is 143 Å². The lowest BCUT2D eigenvalue weighted by atomic mass is 9.94. The number of nitrogens with zero attached hydrogens (tertiary/aromatic N) is 3. The first-order valence-corrected chi connectivity index (χ1v) is 9.08. The molecule has 2 aliphatic heterocycles. The average Bonchev–Trinajstić information content (AvgIpc) is 2.78. The smallest absolute Gasteiger partial charge is 0.325 e. The maximum atomic E-state index is 12.6. The summed E-state index contributed by atoms with van der Waals surface area (Å²) in [6.07, 6.45) is 2.49. The van der Waals surface area contributed by atoms with Crippen LogP contribution >= 0.6 is 0 Å². The summed E-state index contributed by atoms with van der Waals surface area (Å²) in [7, 11) is -4.80. The Hall–Kier alpha value is -2.08. The van der Waals surface area contributed by atoms with Gasteiger partial charge in [0.25, 0.3) is 0 Å². The number of amides is 2. The molecule has 11 heteroatoms. The second-order valence-electron chi connectivity index (χ2n) is 6.01. The van der Waals surface area contributed by atoms with Crippen LogP contribution < -0.4 is 5.73 Å². The van der Waals surface area contributed by atoms with Gasteiger partial charge in [-0.1, -0.05) is 0 Å². The minimum atomic E-state index is -4.80. The molecule has 0 aliphatic carbocycles. The van der Waals surface area contributed by atoms with E-state index in [4.69, 9.17) is 10.3 Å². The van der Waals surface area contributed by atoms with Crippen LogP contribution in [0.25, 0.3) is 0 Å². The summed E-state index contributed by atoms with van der Waals surface area (Å²) in [6.45, 7) is 0.439. The van der Waals surface area contributed by atoms with Gasteiger partial charge in [0.1, 0.15) is 0 Å². The number of fused-ring (bicyclic) bond motifs is 2. The molecule has 25 heavy (non-hydrogen) atoms.